The molecular weight excluding hydrogens is 647 g/mol. The summed E-state index contributed by atoms with van der Waals surface area (Å²) < 4.78 is 7.08. The first-order chi connectivity index (χ1) is 16.2. The zero-order valence-electron chi connectivity index (χ0n) is 22.3. The second-order valence-corrected chi connectivity index (χ2v) is 11.2. The molecule has 8 nitrogen and oxygen atoms in total. The fourth-order valence-electron chi connectivity index (χ4n) is 2.13. The summed E-state index contributed by atoms with van der Waals surface area (Å²) in [6.07, 6.45) is 0. The predicted molar refractivity (Wildman–Crippen MR) is 168 cm³/mol. The van der Waals surface area contributed by atoms with Gasteiger partial charge in [-0.3, -0.25) is 16.7 Å². The fraction of sp³-hybridized carbons (Fsp3) is 0.440. The maximum atomic E-state index is 8.88. The van der Waals surface area contributed by atoms with Crippen molar-refractivity contribution in [3.8, 4) is 0 Å². The van der Waals surface area contributed by atoms with Gasteiger partial charge in [-0.2, -0.15) is 5.10 Å². The number of ether oxygens (including phenoxy) is 1. The molecule has 0 saturated carbocycles. The van der Waals surface area contributed by atoms with Crippen LogP contribution in [-0.2, 0) is 4.74 Å². The second kappa shape index (κ2) is 20.5. The van der Waals surface area contributed by atoms with Gasteiger partial charge in [0.2, 0.25) is 5.90 Å². The van der Waals surface area contributed by atoms with Crippen molar-refractivity contribution in [1.29, 1.82) is 5.41 Å². The number of halogens is 4. The number of rotatable bonds is 7. The highest BCUT2D eigenvalue weighted by atomic mass is 79.9. The van der Waals surface area contributed by atoms with Crippen molar-refractivity contribution in [2.24, 2.45) is 22.1 Å². The molecule has 0 saturated heterocycles. The number of hydrogen-bond donors (Lipinski definition) is 6. The van der Waals surface area contributed by atoms with Crippen LogP contribution in [0.5, 0.6) is 0 Å². The summed E-state index contributed by atoms with van der Waals surface area (Å²) in [5.41, 5.74) is 12.4. The Balaban J connectivity index is -0.000000490. The molecule has 0 aromatic heterocycles. The first-order valence-electron chi connectivity index (χ1n) is 11.1. The maximum Gasteiger partial charge on any atom is 0.213 e. The molecule has 37 heavy (non-hydrogen) atoms. The summed E-state index contributed by atoms with van der Waals surface area (Å²) in [5, 5.41) is 20.5. The topological polar surface area (TPSA) is 142 Å². The minimum atomic E-state index is -0.686. The van der Waals surface area contributed by atoms with Crippen molar-refractivity contribution in [3.63, 3.8) is 0 Å². The van der Waals surface area contributed by atoms with Gasteiger partial charge in [-0.1, -0.05) is 64.8 Å². The SMILES string of the molecule is CC(C)(C)CNN=C(N)c1ccc(Br)cc1.CC(C)(O)CNN.CCOC(=N)c1ccc(Br)cc1.Cl.Cl. The van der Waals surface area contributed by atoms with Crippen LogP contribution in [0, 0.1) is 10.8 Å². The smallest absolute Gasteiger partial charge is 0.213 e. The predicted octanol–water partition coefficient (Wildman–Crippen LogP) is 5.58. The Kier molecular flexibility index (Phi) is 22.3. The molecule has 0 aliphatic rings. The molecule has 2 aromatic carbocycles. The van der Waals surface area contributed by atoms with Gasteiger partial charge in [0.1, 0.15) is 0 Å². The molecule has 0 unspecified atom stereocenters. The standard InChI is InChI=1S/C12H18BrN3.C9H10BrNO.C4H12N2O.2ClH/c1-12(2,3)8-15-16-11(14)9-4-6-10(13)7-5-9;1-2-12-9(11)7-3-5-8(10)6-4-7;1-4(2,7)3-6-5;;/h4-7,15H,8H2,1-3H3,(H2,14,16);3-6,11H,2H2,1H3;6-7H,3,5H2,1-2H3;2*1H. The molecule has 2 aromatic rings. The van der Waals surface area contributed by atoms with Crippen molar-refractivity contribution in [2.45, 2.75) is 47.1 Å². The molecule has 2 rings (SSSR count). The summed E-state index contributed by atoms with van der Waals surface area (Å²) in [7, 11) is 0. The Labute approximate surface area is 250 Å². The van der Waals surface area contributed by atoms with E-state index >= 15 is 0 Å². The number of nitrogens with zero attached hydrogens (tertiary/aromatic N) is 1. The second-order valence-electron chi connectivity index (χ2n) is 9.36. The van der Waals surface area contributed by atoms with Crippen molar-refractivity contribution < 1.29 is 9.84 Å². The van der Waals surface area contributed by atoms with E-state index < -0.39 is 5.60 Å². The maximum absolute atomic E-state index is 8.88. The summed E-state index contributed by atoms with van der Waals surface area (Å²) in [4.78, 5) is 0. The lowest BCUT2D eigenvalue weighted by molar-refractivity contribution is 0.0801. The molecule has 0 bridgehead atoms. The largest absolute Gasteiger partial charge is 0.478 e. The molecule has 0 spiro atoms. The molecular formula is C25H42Br2Cl2N6O2. The van der Waals surface area contributed by atoms with Crippen LogP contribution in [0.3, 0.4) is 0 Å². The lowest BCUT2D eigenvalue weighted by Crippen LogP contribution is -2.38. The van der Waals surface area contributed by atoms with Crippen LogP contribution in [0.25, 0.3) is 0 Å². The Morgan fingerprint density at radius 1 is 0.919 bits per heavy atom. The van der Waals surface area contributed by atoms with Gasteiger partial charge in [0.05, 0.1) is 12.2 Å². The van der Waals surface area contributed by atoms with Gasteiger partial charge in [0.15, 0.2) is 5.84 Å². The zero-order chi connectivity index (χ0) is 27.1. The number of hydrogen-bond acceptors (Lipinski definition) is 7. The zero-order valence-corrected chi connectivity index (χ0v) is 27.1. The average molecular weight is 689 g/mol. The molecule has 0 heterocycles. The van der Waals surface area contributed by atoms with Crippen LogP contribution in [0.1, 0.15) is 52.7 Å². The number of nitrogens with two attached hydrogens (primary N) is 2. The van der Waals surface area contributed by atoms with Crippen LogP contribution in [0.15, 0.2) is 62.6 Å². The minimum Gasteiger partial charge on any atom is -0.478 e. The Hall–Kier alpha value is -1.40. The minimum absolute atomic E-state index is 0. The van der Waals surface area contributed by atoms with Crippen LogP contribution in [0.4, 0.5) is 0 Å². The fourth-order valence-corrected chi connectivity index (χ4v) is 2.65. The van der Waals surface area contributed by atoms with E-state index in [4.69, 9.17) is 26.8 Å². The highest BCUT2D eigenvalue weighted by molar-refractivity contribution is 9.10. The van der Waals surface area contributed by atoms with Crippen molar-refractivity contribution in [1.82, 2.24) is 10.9 Å². The third kappa shape index (κ3) is 22.3. The Morgan fingerprint density at radius 3 is 1.68 bits per heavy atom. The number of benzene rings is 2. The molecule has 0 amide bonds. The molecule has 0 radical (unpaired) electrons. The summed E-state index contributed by atoms with van der Waals surface area (Å²) in [5.74, 6) is 5.64. The van der Waals surface area contributed by atoms with Crippen molar-refractivity contribution >= 4 is 68.4 Å². The Morgan fingerprint density at radius 2 is 1.35 bits per heavy atom. The van der Waals surface area contributed by atoms with E-state index in [1.54, 1.807) is 13.8 Å². The van der Waals surface area contributed by atoms with Gasteiger partial charge in [0, 0.05) is 33.2 Å². The number of hydrazone groups is 1. The van der Waals surface area contributed by atoms with Gasteiger partial charge >= 0.3 is 0 Å². The van der Waals surface area contributed by atoms with Crippen molar-refractivity contribution in [2.75, 3.05) is 19.7 Å². The number of amidine groups is 1. The first-order valence-corrected chi connectivity index (χ1v) is 12.7. The Bertz CT molecular complexity index is 901. The molecule has 0 aliphatic heterocycles. The lowest BCUT2D eigenvalue weighted by Gasteiger charge is -2.17. The molecule has 0 fully saturated rings. The van der Waals surface area contributed by atoms with E-state index in [-0.39, 0.29) is 36.1 Å². The monoisotopic (exact) mass is 686 g/mol. The van der Waals surface area contributed by atoms with Gasteiger partial charge in [-0.25, -0.2) is 0 Å². The molecule has 8 N–H and O–H groups in total. The first kappa shape index (κ1) is 40.1. The van der Waals surface area contributed by atoms with E-state index in [2.05, 4.69) is 68.6 Å². The van der Waals surface area contributed by atoms with Crippen LogP contribution in [0.2, 0.25) is 0 Å². The highest BCUT2D eigenvalue weighted by Crippen LogP contribution is 2.12. The van der Waals surface area contributed by atoms with Crippen LogP contribution in [-0.4, -0.2) is 42.1 Å². The van der Waals surface area contributed by atoms with Crippen LogP contribution < -0.4 is 22.4 Å². The van der Waals surface area contributed by atoms with Gasteiger partial charge in [0.25, 0.3) is 0 Å². The van der Waals surface area contributed by atoms with Gasteiger partial charge in [-0.15, -0.1) is 24.8 Å². The molecule has 12 heteroatoms. The van der Waals surface area contributed by atoms with E-state index in [1.165, 1.54) is 0 Å². The van der Waals surface area contributed by atoms with E-state index in [0.717, 1.165) is 26.6 Å². The average Bonchev–Trinajstić information content (AvgIpc) is 2.74. The summed E-state index contributed by atoms with van der Waals surface area (Å²) in [6, 6.07) is 15.2. The summed E-state index contributed by atoms with van der Waals surface area (Å²) in [6.45, 7) is 13.4. The lowest BCUT2D eigenvalue weighted by atomic mass is 9.98. The molecule has 0 atom stereocenters. The quantitative estimate of drug-likeness (QED) is 0.0971. The molecule has 212 valence electrons. The van der Waals surface area contributed by atoms with Gasteiger partial charge < -0.3 is 21.0 Å². The number of aliphatic hydroxyl groups is 1. The van der Waals surface area contributed by atoms with E-state index in [1.807, 2.05) is 55.5 Å². The third-order valence-corrected chi connectivity index (χ3v) is 4.94. The highest BCUT2D eigenvalue weighted by Gasteiger charge is 2.09. The van der Waals surface area contributed by atoms with Crippen molar-refractivity contribution in [3.05, 3.63) is 68.6 Å². The third-order valence-electron chi connectivity index (χ3n) is 3.88. The van der Waals surface area contributed by atoms with E-state index in [0.29, 0.717) is 19.0 Å². The van der Waals surface area contributed by atoms with Crippen LogP contribution >= 0.6 is 56.7 Å². The normalized spacial score (nSPS) is 10.8. The molecule has 0 aliphatic carbocycles. The van der Waals surface area contributed by atoms with Gasteiger partial charge in [-0.05, 0) is 62.6 Å². The van der Waals surface area contributed by atoms with E-state index in [9.17, 15) is 0 Å². The number of nitrogens with one attached hydrogen (secondary N) is 3. The number of hydrazine groups is 1. The summed E-state index contributed by atoms with van der Waals surface area (Å²) >= 11 is 6.70.